The summed E-state index contributed by atoms with van der Waals surface area (Å²) in [6.07, 6.45) is 1.87. The SMILES string of the molecule is c1ccc2c(-c3ccc(-c4nc(-c5ccc(-c6cccc7ccccc67)cc5)nc(-c5ccc(-c6ccnc7ccccc67)cc5)n4)cc3)cccc2c1. The third-order valence-corrected chi connectivity index (χ3v) is 10.2. The number of nitrogens with zero attached hydrogens (tertiary/aromatic N) is 4. The summed E-state index contributed by atoms with van der Waals surface area (Å²) in [6.45, 7) is 0. The first-order chi connectivity index (χ1) is 26.7. The average molecular weight is 689 g/mol. The zero-order chi connectivity index (χ0) is 35.8. The largest absolute Gasteiger partial charge is 0.256 e. The van der Waals surface area contributed by atoms with Crippen LogP contribution >= 0.6 is 0 Å². The highest BCUT2D eigenvalue weighted by Crippen LogP contribution is 2.34. The highest BCUT2D eigenvalue weighted by atomic mass is 15.0. The van der Waals surface area contributed by atoms with Gasteiger partial charge in [-0.2, -0.15) is 0 Å². The fourth-order valence-corrected chi connectivity index (χ4v) is 7.46. The molecule has 0 bridgehead atoms. The first kappa shape index (κ1) is 31.4. The summed E-state index contributed by atoms with van der Waals surface area (Å²) in [5, 5.41) is 6.03. The van der Waals surface area contributed by atoms with Gasteiger partial charge in [0.1, 0.15) is 0 Å². The second kappa shape index (κ2) is 13.4. The third-order valence-electron chi connectivity index (χ3n) is 10.2. The minimum Gasteiger partial charge on any atom is -0.256 e. The molecule has 0 aliphatic carbocycles. The monoisotopic (exact) mass is 688 g/mol. The summed E-state index contributed by atoms with van der Waals surface area (Å²) < 4.78 is 0. The van der Waals surface area contributed by atoms with E-state index in [9.17, 15) is 0 Å². The van der Waals surface area contributed by atoms with E-state index in [1.165, 1.54) is 32.7 Å². The number of benzene rings is 8. The second-order valence-corrected chi connectivity index (χ2v) is 13.5. The lowest BCUT2D eigenvalue weighted by atomic mass is 9.97. The van der Waals surface area contributed by atoms with Crippen molar-refractivity contribution in [2.45, 2.75) is 0 Å². The molecule has 2 heterocycles. The summed E-state index contributed by atoms with van der Waals surface area (Å²) in [6, 6.07) is 65.8. The first-order valence-electron chi connectivity index (χ1n) is 18.1. The number of fused-ring (bicyclic) bond motifs is 3. The van der Waals surface area contributed by atoms with Crippen molar-refractivity contribution < 1.29 is 0 Å². The van der Waals surface area contributed by atoms with E-state index in [0.29, 0.717) is 17.5 Å². The molecular formula is C50H32N4. The van der Waals surface area contributed by atoms with Crippen LogP contribution in [0.2, 0.25) is 0 Å². The molecule has 0 N–H and O–H groups in total. The Balaban J connectivity index is 1.06. The van der Waals surface area contributed by atoms with E-state index in [1.54, 1.807) is 0 Å². The molecule has 54 heavy (non-hydrogen) atoms. The van der Waals surface area contributed by atoms with E-state index in [1.807, 2.05) is 18.3 Å². The molecule has 0 saturated heterocycles. The second-order valence-electron chi connectivity index (χ2n) is 13.5. The van der Waals surface area contributed by atoms with Gasteiger partial charge < -0.3 is 0 Å². The Morgan fingerprint density at radius 1 is 0.259 bits per heavy atom. The van der Waals surface area contributed by atoms with Crippen LogP contribution in [0.25, 0.3) is 100.0 Å². The van der Waals surface area contributed by atoms with Crippen molar-refractivity contribution in [3.8, 4) is 67.5 Å². The van der Waals surface area contributed by atoms with Crippen molar-refractivity contribution in [3.05, 3.63) is 194 Å². The molecule has 0 atom stereocenters. The lowest BCUT2D eigenvalue weighted by Crippen LogP contribution is -2.00. The van der Waals surface area contributed by atoms with Crippen LogP contribution in [0.4, 0.5) is 0 Å². The highest BCUT2D eigenvalue weighted by Gasteiger charge is 2.15. The first-order valence-corrected chi connectivity index (χ1v) is 18.1. The molecule has 10 rings (SSSR count). The summed E-state index contributed by atoms with van der Waals surface area (Å²) in [7, 11) is 0. The summed E-state index contributed by atoms with van der Waals surface area (Å²) in [5.41, 5.74) is 10.7. The van der Waals surface area contributed by atoms with Gasteiger partial charge >= 0.3 is 0 Å². The molecule has 4 nitrogen and oxygen atoms in total. The fourth-order valence-electron chi connectivity index (χ4n) is 7.46. The van der Waals surface area contributed by atoms with Gasteiger partial charge in [-0.15, -0.1) is 0 Å². The lowest BCUT2D eigenvalue weighted by molar-refractivity contribution is 1.07. The van der Waals surface area contributed by atoms with Crippen LogP contribution in [0.1, 0.15) is 0 Å². The molecule has 8 aromatic carbocycles. The van der Waals surface area contributed by atoms with Crippen LogP contribution in [0.15, 0.2) is 194 Å². The smallest absolute Gasteiger partial charge is 0.164 e. The third kappa shape index (κ3) is 5.76. The predicted molar refractivity (Wildman–Crippen MR) is 223 cm³/mol. The number of aromatic nitrogens is 4. The van der Waals surface area contributed by atoms with Gasteiger partial charge in [-0.3, -0.25) is 4.98 Å². The maximum Gasteiger partial charge on any atom is 0.164 e. The van der Waals surface area contributed by atoms with E-state index < -0.39 is 0 Å². The minimum absolute atomic E-state index is 0.623. The van der Waals surface area contributed by atoms with Crippen LogP contribution in [0.3, 0.4) is 0 Å². The van der Waals surface area contributed by atoms with Crippen LogP contribution in [0.5, 0.6) is 0 Å². The van der Waals surface area contributed by atoms with Crippen molar-refractivity contribution in [1.82, 2.24) is 19.9 Å². The Kier molecular flexibility index (Phi) is 7.77. The molecule has 0 aliphatic rings. The summed E-state index contributed by atoms with van der Waals surface area (Å²) >= 11 is 0. The standard InChI is InChI=1S/C50H32N4/c1-3-13-41-33(9-1)11-7-16-43(41)35-19-25-38(26-20-35)48-52-49(39-27-21-36(22-28-39)44-17-8-12-34-10-2-4-14-42(34)44)54-50(53-48)40-29-23-37(24-30-40)45-31-32-51-47-18-6-5-15-46(45)47/h1-32H. The molecule has 0 saturated carbocycles. The molecule has 0 radical (unpaired) electrons. The number of para-hydroxylation sites is 1. The summed E-state index contributed by atoms with van der Waals surface area (Å²) in [5.74, 6) is 1.88. The van der Waals surface area contributed by atoms with E-state index in [0.717, 1.165) is 49.8 Å². The maximum absolute atomic E-state index is 5.07. The zero-order valence-corrected chi connectivity index (χ0v) is 29.3. The van der Waals surface area contributed by atoms with Crippen LogP contribution in [-0.4, -0.2) is 19.9 Å². The Hall–Kier alpha value is -7.30. The van der Waals surface area contributed by atoms with E-state index in [-0.39, 0.29) is 0 Å². The molecule has 0 amide bonds. The Labute approximate surface area is 313 Å². The Morgan fingerprint density at radius 2 is 0.611 bits per heavy atom. The Morgan fingerprint density at radius 3 is 1.07 bits per heavy atom. The predicted octanol–water partition coefficient (Wildman–Crippen LogP) is 12.7. The van der Waals surface area contributed by atoms with Gasteiger partial charge in [0.2, 0.25) is 0 Å². The van der Waals surface area contributed by atoms with Crippen LogP contribution in [-0.2, 0) is 0 Å². The number of hydrogen-bond acceptors (Lipinski definition) is 4. The molecule has 0 fully saturated rings. The Bertz CT molecular complexity index is 2620. The quantitative estimate of drug-likeness (QED) is 0.174. The fraction of sp³-hybridized carbons (Fsp3) is 0. The minimum atomic E-state index is 0.623. The normalized spacial score (nSPS) is 11.3. The van der Waals surface area contributed by atoms with Gasteiger partial charge in [-0.1, -0.05) is 176 Å². The average Bonchev–Trinajstić information content (AvgIpc) is 3.26. The molecule has 10 aromatic rings. The summed E-state index contributed by atoms with van der Waals surface area (Å²) in [4.78, 5) is 19.8. The maximum atomic E-state index is 5.07. The van der Waals surface area contributed by atoms with E-state index in [2.05, 4.69) is 181 Å². The molecule has 0 aliphatic heterocycles. The van der Waals surface area contributed by atoms with E-state index >= 15 is 0 Å². The molecular weight excluding hydrogens is 657 g/mol. The number of rotatable bonds is 6. The van der Waals surface area contributed by atoms with Crippen LogP contribution < -0.4 is 0 Å². The van der Waals surface area contributed by atoms with Gasteiger partial charge in [0.05, 0.1) is 5.52 Å². The van der Waals surface area contributed by atoms with Crippen molar-refractivity contribution in [2.24, 2.45) is 0 Å². The van der Waals surface area contributed by atoms with Crippen molar-refractivity contribution in [3.63, 3.8) is 0 Å². The van der Waals surface area contributed by atoms with Gasteiger partial charge in [-0.25, -0.2) is 15.0 Å². The van der Waals surface area contributed by atoms with Gasteiger partial charge in [0.25, 0.3) is 0 Å². The molecule has 0 spiro atoms. The van der Waals surface area contributed by atoms with E-state index in [4.69, 9.17) is 15.0 Å². The molecule has 252 valence electrons. The van der Waals surface area contributed by atoms with Gasteiger partial charge in [0, 0.05) is 28.3 Å². The number of hydrogen-bond donors (Lipinski definition) is 0. The van der Waals surface area contributed by atoms with Crippen LogP contribution in [0, 0.1) is 0 Å². The van der Waals surface area contributed by atoms with Gasteiger partial charge in [-0.05, 0) is 67.1 Å². The molecule has 2 aromatic heterocycles. The highest BCUT2D eigenvalue weighted by molar-refractivity contribution is 5.98. The van der Waals surface area contributed by atoms with Crippen molar-refractivity contribution >= 4 is 32.4 Å². The molecule has 0 unspecified atom stereocenters. The lowest BCUT2D eigenvalue weighted by Gasteiger charge is -2.11. The topological polar surface area (TPSA) is 51.6 Å². The van der Waals surface area contributed by atoms with Gasteiger partial charge in [0.15, 0.2) is 17.5 Å². The number of pyridine rings is 1. The molecule has 4 heteroatoms. The zero-order valence-electron chi connectivity index (χ0n) is 29.3. The van der Waals surface area contributed by atoms with Crippen molar-refractivity contribution in [2.75, 3.05) is 0 Å². The van der Waals surface area contributed by atoms with Crippen molar-refractivity contribution in [1.29, 1.82) is 0 Å².